The fourth-order valence-electron chi connectivity index (χ4n) is 2.50. The Morgan fingerprint density at radius 1 is 1.06 bits per heavy atom. The van der Waals surface area contributed by atoms with Gasteiger partial charge in [0, 0.05) is 34.6 Å². The van der Waals surface area contributed by atoms with Crippen LogP contribution in [0.1, 0.15) is 12.5 Å². The number of fused-ring (bicyclic) bond motifs is 3. The molecule has 0 saturated heterocycles. The Hall–Kier alpha value is -2.09. The molecule has 0 spiro atoms. The fourth-order valence-corrected chi connectivity index (χ4v) is 2.50. The van der Waals surface area contributed by atoms with Gasteiger partial charge in [-0.15, -0.1) is 0 Å². The van der Waals surface area contributed by atoms with Gasteiger partial charge in [0.1, 0.15) is 0 Å². The molecule has 3 rings (SSSR count). The average molecular weight is 222 g/mol. The van der Waals surface area contributed by atoms with E-state index in [1.54, 1.807) is 0 Å². The number of hydrogen-bond donors (Lipinski definition) is 1. The van der Waals surface area contributed by atoms with Crippen LogP contribution in [0.25, 0.3) is 21.8 Å². The summed E-state index contributed by atoms with van der Waals surface area (Å²) in [7, 11) is 0. The van der Waals surface area contributed by atoms with Crippen molar-refractivity contribution < 1.29 is 0 Å². The van der Waals surface area contributed by atoms with Crippen LogP contribution in [0.4, 0.5) is 0 Å². The van der Waals surface area contributed by atoms with Gasteiger partial charge >= 0.3 is 0 Å². The highest BCUT2D eigenvalue weighted by atomic mass is 15.0. The van der Waals surface area contributed by atoms with Crippen LogP contribution in [0.2, 0.25) is 0 Å². The molecular weight excluding hydrogens is 208 g/mol. The summed E-state index contributed by atoms with van der Waals surface area (Å²) in [6.45, 7) is 3.13. The maximum Gasteiger partial charge on any atom is 0.0491 e. The summed E-state index contributed by atoms with van der Waals surface area (Å²) in [5.41, 5.74) is 3.47. The van der Waals surface area contributed by atoms with Gasteiger partial charge in [-0.05, 0) is 30.7 Å². The lowest BCUT2D eigenvalue weighted by Gasteiger charge is -2.02. The van der Waals surface area contributed by atoms with Gasteiger partial charge in [0.15, 0.2) is 0 Å². The summed E-state index contributed by atoms with van der Waals surface area (Å²) in [4.78, 5) is 0. The Balaban J connectivity index is 2.53. The van der Waals surface area contributed by atoms with Crippen LogP contribution >= 0.6 is 0 Å². The summed E-state index contributed by atoms with van der Waals surface area (Å²) in [6.07, 6.45) is 1.40. The molecule has 0 aliphatic carbocycles. The Morgan fingerprint density at radius 3 is 2.59 bits per heavy atom. The number of para-hydroxylation sites is 1. The summed E-state index contributed by atoms with van der Waals surface area (Å²) >= 11 is 0. The van der Waals surface area contributed by atoms with Gasteiger partial charge in [0.05, 0.1) is 0 Å². The zero-order chi connectivity index (χ0) is 11.8. The highest BCUT2D eigenvalue weighted by molar-refractivity contribution is 6.09. The van der Waals surface area contributed by atoms with E-state index < -0.39 is 0 Å². The second-order valence-corrected chi connectivity index (χ2v) is 4.18. The molecule has 0 saturated carbocycles. The summed E-state index contributed by atoms with van der Waals surface area (Å²) in [5.74, 6) is 0. The van der Waals surface area contributed by atoms with Crippen molar-refractivity contribution in [3.05, 3.63) is 48.0 Å². The number of hydrogen-bond acceptors (Lipinski definition) is 1. The number of nitrogens with zero attached hydrogens (tertiary/aromatic N) is 1. The van der Waals surface area contributed by atoms with E-state index in [1.807, 2.05) is 6.07 Å². The molecule has 84 valence electrons. The first kappa shape index (κ1) is 10.1. The number of rotatable bonds is 2. The highest BCUT2D eigenvalue weighted by Crippen LogP contribution is 2.29. The van der Waals surface area contributed by atoms with Crippen molar-refractivity contribution in [3.8, 4) is 0 Å². The molecule has 0 atom stereocenters. The second kappa shape index (κ2) is 3.74. The van der Waals surface area contributed by atoms with Crippen LogP contribution in [0.3, 0.4) is 0 Å². The smallest absolute Gasteiger partial charge is 0.0491 e. The molecule has 0 aliphatic rings. The van der Waals surface area contributed by atoms with Gasteiger partial charge in [-0.25, -0.2) is 0 Å². The first-order valence-electron chi connectivity index (χ1n) is 5.86. The van der Waals surface area contributed by atoms with E-state index in [0.29, 0.717) is 0 Å². The molecule has 17 heavy (non-hydrogen) atoms. The minimum atomic E-state index is 0.955. The van der Waals surface area contributed by atoms with Crippen LogP contribution in [-0.2, 0) is 6.54 Å². The number of aromatic nitrogens is 1. The topological polar surface area (TPSA) is 28.8 Å². The predicted molar refractivity (Wildman–Crippen MR) is 73.0 cm³/mol. The monoisotopic (exact) mass is 222 g/mol. The molecule has 1 N–H and O–H groups in total. The molecule has 2 nitrogen and oxygen atoms in total. The summed E-state index contributed by atoms with van der Waals surface area (Å²) in [6, 6.07) is 14.7. The van der Waals surface area contributed by atoms with Gasteiger partial charge in [0.25, 0.3) is 0 Å². The van der Waals surface area contributed by atoms with E-state index >= 15 is 0 Å². The van der Waals surface area contributed by atoms with Crippen LogP contribution in [0.15, 0.2) is 42.5 Å². The minimum absolute atomic E-state index is 0.955. The van der Waals surface area contributed by atoms with Crippen molar-refractivity contribution in [1.82, 2.24) is 4.57 Å². The van der Waals surface area contributed by atoms with Gasteiger partial charge in [-0.2, -0.15) is 0 Å². The Morgan fingerprint density at radius 2 is 1.82 bits per heavy atom. The van der Waals surface area contributed by atoms with Crippen molar-refractivity contribution in [2.45, 2.75) is 13.5 Å². The maximum atomic E-state index is 7.35. The van der Waals surface area contributed by atoms with Crippen molar-refractivity contribution in [2.24, 2.45) is 0 Å². The molecular formula is C15H14N2. The average Bonchev–Trinajstić information content (AvgIpc) is 2.71. The molecule has 3 aromatic rings. The number of benzene rings is 2. The molecule has 0 amide bonds. The molecule has 2 aromatic carbocycles. The fraction of sp³-hybridized carbons (Fsp3) is 0.133. The van der Waals surface area contributed by atoms with Crippen molar-refractivity contribution in [1.29, 1.82) is 5.41 Å². The van der Waals surface area contributed by atoms with Gasteiger partial charge < -0.3 is 9.98 Å². The molecule has 0 radical (unpaired) electrons. The minimum Gasteiger partial charge on any atom is -0.341 e. The molecule has 0 unspecified atom stereocenters. The maximum absolute atomic E-state index is 7.35. The van der Waals surface area contributed by atoms with Crippen molar-refractivity contribution >= 4 is 28.0 Å². The summed E-state index contributed by atoms with van der Waals surface area (Å²) in [5, 5.41) is 9.86. The van der Waals surface area contributed by atoms with E-state index in [9.17, 15) is 0 Å². The Kier molecular flexibility index (Phi) is 2.22. The van der Waals surface area contributed by atoms with E-state index in [0.717, 1.165) is 12.1 Å². The van der Waals surface area contributed by atoms with Gasteiger partial charge in [-0.1, -0.05) is 24.3 Å². The number of nitrogens with one attached hydrogen (secondary N) is 1. The van der Waals surface area contributed by atoms with Crippen LogP contribution in [0.5, 0.6) is 0 Å². The van der Waals surface area contributed by atoms with E-state index in [1.165, 1.54) is 28.0 Å². The standard InChI is InChI=1S/C15H14N2/c1-2-17-14-6-4-3-5-12(14)13-9-11(10-16)7-8-15(13)17/h3-10,16H,2H2,1H3. The first-order valence-corrected chi connectivity index (χ1v) is 5.86. The number of aryl methyl sites for hydroxylation is 1. The molecule has 0 fully saturated rings. The van der Waals surface area contributed by atoms with E-state index in [2.05, 4.69) is 47.9 Å². The third kappa shape index (κ3) is 1.37. The third-order valence-corrected chi connectivity index (χ3v) is 3.28. The molecule has 1 aromatic heterocycles. The van der Waals surface area contributed by atoms with Gasteiger partial charge in [0.2, 0.25) is 0 Å². The quantitative estimate of drug-likeness (QED) is 0.639. The molecule has 0 aliphatic heterocycles. The van der Waals surface area contributed by atoms with Crippen LogP contribution in [0, 0.1) is 5.41 Å². The van der Waals surface area contributed by atoms with Gasteiger partial charge in [-0.3, -0.25) is 0 Å². The second-order valence-electron chi connectivity index (χ2n) is 4.18. The summed E-state index contributed by atoms with van der Waals surface area (Å²) < 4.78 is 2.32. The van der Waals surface area contributed by atoms with Crippen LogP contribution in [-0.4, -0.2) is 10.8 Å². The lowest BCUT2D eigenvalue weighted by molar-refractivity contribution is 0.827. The normalized spacial score (nSPS) is 11.1. The zero-order valence-electron chi connectivity index (χ0n) is 9.77. The third-order valence-electron chi connectivity index (χ3n) is 3.28. The first-order chi connectivity index (χ1) is 8.35. The predicted octanol–water partition coefficient (Wildman–Crippen LogP) is 3.81. The largest absolute Gasteiger partial charge is 0.341 e. The Bertz CT molecular complexity index is 707. The van der Waals surface area contributed by atoms with Crippen molar-refractivity contribution in [3.63, 3.8) is 0 Å². The van der Waals surface area contributed by atoms with Crippen molar-refractivity contribution in [2.75, 3.05) is 0 Å². The Labute approximate surface area is 100.0 Å². The van der Waals surface area contributed by atoms with E-state index in [-0.39, 0.29) is 0 Å². The molecule has 2 heteroatoms. The van der Waals surface area contributed by atoms with Crippen LogP contribution < -0.4 is 0 Å². The zero-order valence-corrected chi connectivity index (χ0v) is 9.77. The lowest BCUT2D eigenvalue weighted by Crippen LogP contribution is -1.92. The SMILES string of the molecule is CCn1c2ccccc2c2cc(C=N)ccc21. The molecule has 1 heterocycles. The van der Waals surface area contributed by atoms with E-state index in [4.69, 9.17) is 5.41 Å². The highest BCUT2D eigenvalue weighted by Gasteiger charge is 2.08. The lowest BCUT2D eigenvalue weighted by atomic mass is 10.1. The molecule has 0 bridgehead atoms.